The van der Waals surface area contributed by atoms with E-state index in [1.165, 1.54) is 30.5 Å². The zero-order valence-electron chi connectivity index (χ0n) is 12.1. The lowest BCUT2D eigenvalue weighted by Gasteiger charge is -2.29. The van der Waals surface area contributed by atoms with E-state index in [-0.39, 0.29) is 0 Å². The second-order valence-electron chi connectivity index (χ2n) is 5.68. The van der Waals surface area contributed by atoms with Crippen LogP contribution >= 0.6 is 0 Å². The highest BCUT2D eigenvalue weighted by Gasteiger charge is 2.29. The van der Waals surface area contributed by atoms with Crippen LogP contribution in [0, 0.1) is 19.8 Å². The molecule has 2 N–H and O–H groups in total. The first-order valence-electron chi connectivity index (χ1n) is 6.94. The van der Waals surface area contributed by atoms with Gasteiger partial charge in [-0.1, -0.05) is 6.42 Å². The Bertz CT molecular complexity index is 410. The Morgan fingerprint density at radius 3 is 2.67 bits per heavy atom. The summed E-state index contributed by atoms with van der Waals surface area (Å²) >= 11 is 0. The molecule has 1 fully saturated rings. The third-order valence-electron chi connectivity index (χ3n) is 4.55. The number of nitrogens with two attached hydrogens (primary N) is 1. The molecule has 0 radical (unpaired) electrons. The monoisotopic (exact) mass is 250 g/mol. The Morgan fingerprint density at radius 1 is 1.39 bits per heavy atom. The van der Waals surface area contributed by atoms with E-state index in [9.17, 15) is 0 Å². The Hall–Kier alpha value is -0.870. The highest BCUT2D eigenvalue weighted by atomic mass is 15.3. The molecule has 2 atom stereocenters. The number of nitrogens with zero attached hydrogens (tertiary/aromatic N) is 3. The summed E-state index contributed by atoms with van der Waals surface area (Å²) in [6.45, 7) is 6.07. The van der Waals surface area contributed by atoms with Gasteiger partial charge in [-0.2, -0.15) is 5.10 Å². The van der Waals surface area contributed by atoms with Crippen molar-refractivity contribution in [3.63, 3.8) is 0 Å². The fourth-order valence-electron chi connectivity index (χ4n) is 3.29. The number of rotatable bonds is 4. The molecule has 4 nitrogen and oxygen atoms in total. The van der Waals surface area contributed by atoms with Gasteiger partial charge >= 0.3 is 0 Å². The molecule has 1 aliphatic rings. The van der Waals surface area contributed by atoms with Crippen molar-refractivity contribution in [3.05, 3.63) is 17.0 Å². The van der Waals surface area contributed by atoms with Gasteiger partial charge in [0.2, 0.25) is 0 Å². The van der Waals surface area contributed by atoms with Crippen LogP contribution < -0.4 is 5.73 Å². The molecule has 102 valence electrons. The average Bonchev–Trinajstić information content (AvgIpc) is 2.90. The number of hydrogen-bond acceptors (Lipinski definition) is 3. The van der Waals surface area contributed by atoms with Crippen LogP contribution in [0.1, 0.15) is 36.2 Å². The van der Waals surface area contributed by atoms with Crippen LogP contribution in [0.3, 0.4) is 0 Å². The van der Waals surface area contributed by atoms with Crippen LogP contribution in [0.15, 0.2) is 0 Å². The van der Waals surface area contributed by atoms with E-state index in [0.717, 1.165) is 18.8 Å². The van der Waals surface area contributed by atoms with Crippen LogP contribution in [0.4, 0.5) is 0 Å². The van der Waals surface area contributed by atoms with Gasteiger partial charge in [0, 0.05) is 30.9 Å². The standard InChI is InChI=1S/C14H26N4/c1-10-13(11(2)18(4)16-10)9-17(3)14-7-5-6-12(14)8-15/h12,14H,5-9,15H2,1-4H3. The van der Waals surface area contributed by atoms with E-state index in [1.807, 2.05) is 11.7 Å². The molecule has 0 bridgehead atoms. The maximum absolute atomic E-state index is 5.88. The summed E-state index contributed by atoms with van der Waals surface area (Å²) in [5.74, 6) is 0.673. The molecule has 1 aliphatic carbocycles. The quantitative estimate of drug-likeness (QED) is 0.883. The second-order valence-corrected chi connectivity index (χ2v) is 5.68. The fourth-order valence-corrected chi connectivity index (χ4v) is 3.29. The van der Waals surface area contributed by atoms with E-state index in [1.54, 1.807) is 0 Å². The van der Waals surface area contributed by atoms with Crippen molar-refractivity contribution in [2.75, 3.05) is 13.6 Å². The maximum atomic E-state index is 5.88. The molecule has 1 aromatic heterocycles. The smallest absolute Gasteiger partial charge is 0.0641 e. The summed E-state index contributed by atoms with van der Waals surface area (Å²) in [7, 11) is 4.24. The van der Waals surface area contributed by atoms with Crippen molar-refractivity contribution in [3.8, 4) is 0 Å². The molecular weight excluding hydrogens is 224 g/mol. The zero-order valence-corrected chi connectivity index (χ0v) is 12.1. The molecule has 4 heteroatoms. The molecule has 2 rings (SSSR count). The molecule has 0 saturated heterocycles. The highest BCUT2D eigenvalue weighted by Crippen LogP contribution is 2.29. The number of aryl methyl sites for hydroxylation is 2. The van der Waals surface area contributed by atoms with Gasteiger partial charge in [-0.25, -0.2) is 0 Å². The van der Waals surface area contributed by atoms with E-state index in [0.29, 0.717) is 12.0 Å². The summed E-state index contributed by atoms with van der Waals surface area (Å²) in [5.41, 5.74) is 9.69. The van der Waals surface area contributed by atoms with Gasteiger partial charge in [0.1, 0.15) is 0 Å². The molecule has 0 aliphatic heterocycles. The first-order valence-corrected chi connectivity index (χ1v) is 6.94. The molecule has 0 spiro atoms. The van der Waals surface area contributed by atoms with Crippen LogP contribution in [0.25, 0.3) is 0 Å². The molecule has 1 aromatic rings. The Kier molecular flexibility index (Phi) is 4.07. The summed E-state index contributed by atoms with van der Waals surface area (Å²) in [6, 6.07) is 0.647. The SMILES string of the molecule is Cc1nn(C)c(C)c1CN(C)C1CCCC1CN. The lowest BCUT2D eigenvalue weighted by molar-refractivity contribution is 0.192. The van der Waals surface area contributed by atoms with Gasteiger partial charge in [0.05, 0.1) is 5.69 Å². The van der Waals surface area contributed by atoms with E-state index < -0.39 is 0 Å². The number of aromatic nitrogens is 2. The van der Waals surface area contributed by atoms with Crippen LogP contribution in [0.2, 0.25) is 0 Å². The first-order chi connectivity index (χ1) is 8.54. The molecule has 1 heterocycles. The summed E-state index contributed by atoms with van der Waals surface area (Å²) in [6.07, 6.45) is 3.90. The lowest BCUT2D eigenvalue weighted by Crippen LogP contribution is -2.37. The Morgan fingerprint density at radius 2 is 2.11 bits per heavy atom. The molecule has 0 amide bonds. The molecule has 1 saturated carbocycles. The largest absolute Gasteiger partial charge is 0.330 e. The van der Waals surface area contributed by atoms with Gasteiger partial charge in [-0.05, 0) is 46.2 Å². The summed E-state index contributed by atoms with van der Waals surface area (Å²) < 4.78 is 1.98. The third kappa shape index (κ3) is 2.45. The molecular formula is C14H26N4. The zero-order chi connectivity index (χ0) is 13.3. The topological polar surface area (TPSA) is 47.1 Å². The van der Waals surface area contributed by atoms with Crippen LogP contribution in [0.5, 0.6) is 0 Å². The third-order valence-corrected chi connectivity index (χ3v) is 4.55. The predicted molar refractivity (Wildman–Crippen MR) is 74.3 cm³/mol. The van der Waals surface area contributed by atoms with Gasteiger partial charge in [-0.3, -0.25) is 9.58 Å². The van der Waals surface area contributed by atoms with Crippen molar-refractivity contribution in [2.45, 2.75) is 45.7 Å². The van der Waals surface area contributed by atoms with Crippen molar-refractivity contribution in [1.82, 2.24) is 14.7 Å². The summed E-state index contributed by atoms with van der Waals surface area (Å²) in [4.78, 5) is 2.47. The van der Waals surface area contributed by atoms with E-state index in [4.69, 9.17) is 5.73 Å². The minimum atomic E-state index is 0.647. The van der Waals surface area contributed by atoms with Gasteiger partial charge in [0.25, 0.3) is 0 Å². The minimum absolute atomic E-state index is 0.647. The second kappa shape index (κ2) is 5.41. The van der Waals surface area contributed by atoms with Gasteiger partial charge < -0.3 is 5.73 Å². The van der Waals surface area contributed by atoms with Gasteiger partial charge in [0.15, 0.2) is 0 Å². The first kappa shape index (κ1) is 13.6. The fraction of sp³-hybridized carbons (Fsp3) is 0.786. The van der Waals surface area contributed by atoms with Gasteiger partial charge in [-0.15, -0.1) is 0 Å². The normalized spacial score (nSPS) is 24.1. The predicted octanol–water partition coefficient (Wildman–Crippen LogP) is 1.60. The van der Waals surface area contributed by atoms with Crippen LogP contribution in [-0.4, -0.2) is 34.3 Å². The Labute approximate surface area is 110 Å². The van der Waals surface area contributed by atoms with Crippen molar-refractivity contribution < 1.29 is 0 Å². The van der Waals surface area contributed by atoms with E-state index in [2.05, 4.69) is 30.9 Å². The maximum Gasteiger partial charge on any atom is 0.0641 e. The minimum Gasteiger partial charge on any atom is -0.330 e. The van der Waals surface area contributed by atoms with Crippen LogP contribution in [-0.2, 0) is 13.6 Å². The molecule has 0 aromatic carbocycles. The summed E-state index contributed by atoms with van der Waals surface area (Å²) in [5, 5.41) is 4.49. The Balaban J connectivity index is 2.09. The number of hydrogen-bond donors (Lipinski definition) is 1. The van der Waals surface area contributed by atoms with E-state index >= 15 is 0 Å². The van der Waals surface area contributed by atoms with Crippen molar-refractivity contribution in [1.29, 1.82) is 0 Å². The highest BCUT2D eigenvalue weighted by molar-refractivity contribution is 5.24. The average molecular weight is 250 g/mol. The van der Waals surface area contributed by atoms with Crippen molar-refractivity contribution in [2.24, 2.45) is 18.7 Å². The molecule has 2 unspecified atom stereocenters. The molecule has 18 heavy (non-hydrogen) atoms. The van der Waals surface area contributed by atoms with Crippen molar-refractivity contribution >= 4 is 0 Å². The lowest BCUT2D eigenvalue weighted by atomic mass is 10.0.